The number of rotatable bonds is 9. The predicted molar refractivity (Wildman–Crippen MR) is 125 cm³/mol. The molecule has 2 aromatic carbocycles. The van der Waals surface area contributed by atoms with Crippen LogP contribution in [0.25, 0.3) is 5.57 Å². The highest BCUT2D eigenvalue weighted by atomic mass is 16.3. The number of benzene rings is 2. The van der Waals surface area contributed by atoms with Crippen LogP contribution in [-0.2, 0) is 12.8 Å². The number of carbonyl (C=O) groups is 1. The fraction of sp³-hybridized carbons (Fsp3) is 0.269. The summed E-state index contributed by atoms with van der Waals surface area (Å²) in [4.78, 5) is 12.9. The molecule has 5 N–H and O–H groups in total. The van der Waals surface area contributed by atoms with Gasteiger partial charge in [-0.15, -0.1) is 0 Å². The smallest absolute Gasteiger partial charge is 0.189 e. The minimum absolute atomic E-state index is 0.0113. The second-order valence-electron chi connectivity index (χ2n) is 8.13. The maximum atomic E-state index is 12.9. The molecule has 170 valence electrons. The van der Waals surface area contributed by atoms with Gasteiger partial charge in [-0.25, -0.2) is 0 Å². The topological polar surface area (TPSA) is 118 Å². The average molecular weight is 439 g/mol. The van der Waals surface area contributed by atoms with Gasteiger partial charge in [0.15, 0.2) is 5.78 Å². The van der Waals surface area contributed by atoms with Crippen LogP contribution in [0.5, 0.6) is 17.2 Å². The fourth-order valence-corrected chi connectivity index (χ4v) is 3.13. The first-order valence-electron chi connectivity index (χ1n) is 10.2. The number of aromatic hydroxyl groups is 3. The summed E-state index contributed by atoms with van der Waals surface area (Å²) in [6.45, 7) is 12.4. The van der Waals surface area contributed by atoms with Gasteiger partial charge in [-0.1, -0.05) is 30.4 Å². The van der Waals surface area contributed by atoms with E-state index >= 15 is 0 Å². The van der Waals surface area contributed by atoms with Gasteiger partial charge in [0, 0.05) is 18.4 Å². The molecule has 2 rings (SSSR count). The second kappa shape index (κ2) is 10.3. The zero-order valence-corrected chi connectivity index (χ0v) is 18.6. The Hall–Kier alpha value is -3.35. The van der Waals surface area contributed by atoms with Crippen molar-refractivity contribution in [2.45, 2.75) is 45.8 Å². The third-order valence-electron chi connectivity index (χ3n) is 5.35. The lowest BCUT2D eigenvalue weighted by atomic mass is 9.95. The van der Waals surface area contributed by atoms with Crippen LogP contribution >= 0.6 is 0 Å². The van der Waals surface area contributed by atoms with Crippen LogP contribution in [0, 0.1) is 0 Å². The maximum absolute atomic E-state index is 12.9. The summed E-state index contributed by atoms with van der Waals surface area (Å²) in [5.74, 6) is -1.07. The van der Waals surface area contributed by atoms with E-state index in [0.29, 0.717) is 27.8 Å². The van der Waals surface area contributed by atoms with Gasteiger partial charge in [0.05, 0.1) is 17.8 Å². The summed E-state index contributed by atoms with van der Waals surface area (Å²) < 4.78 is 0. The summed E-state index contributed by atoms with van der Waals surface area (Å²) in [6.07, 6.45) is -0.327. The highest BCUT2D eigenvalue weighted by molar-refractivity contribution is 6.10. The van der Waals surface area contributed by atoms with Crippen molar-refractivity contribution in [3.63, 3.8) is 0 Å². The molecule has 0 saturated heterocycles. The molecule has 0 aliphatic rings. The molecule has 6 heteroatoms. The van der Waals surface area contributed by atoms with Gasteiger partial charge in [-0.2, -0.15) is 0 Å². The van der Waals surface area contributed by atoms with Gasteiger partial charge < -0.3 is 25.5 Å². The summed E-state index contributed by atoms with van der Waals surface area (Å²) in [7, 11) is 0. The van der Waals surface area contributed by atoms with E-state index < -0.39 is 23.7 Å². The fourth-order valence-electron chi connectivity index (χ4n) is 3.13. The Morgan fingerprint density at radius 3 is 2.06 bits per heavy atom. The quantitative estimate of drug-likeness (QED) is 0.229. The summed E-state index contributed by atoms with van der Waals surface area (Å²) in [6, 6.07) is 7.45. The van der Waals surface area contributed by atoms with Crippen LogP contribution in [0.4, 0.5) is 0 Å². The lowest BCUT2D eigenvalue weighted by Gasteiger charge is -2.15. The summed E-state index contributed by atoms with van der Waals surface area (Å²) >= 11 is 0. The number of aliphatic hydroxyl groups excluding tert-OH is 2. The second-order valence-corrected chi connectivity index (χ2v) is 8.13. The van der Waals surface area contributed by atoms with E-state index in [1.165, 1.54) is 24.3 Å². The molecule has 2 unspecified atom stereocenters. The Kier molecular flexibility index (Phi) is 8.02. The van der Waals surface area contributed by atoms with Crippen molar-refractivity contribution in [3.8, 4) is 17.2 Å². The molecule has 0 aliphatic heterocycles. The number of phenols is 3. The van der Waals surface area contributed by atoms with Gasteiger partial charge in [-0.3, -0.25) is 4.79 Å². The first-order valence-corrected chi connectivity index (χ1v) is 10.2. The molecule has 0 aromatic heterocycles. The number of aliphatic hydroxyl groups is 2. The lowest BCUT2D eigenvalue weighted by Crippen LogP contribution is -2.12. The SMILES string of the molecule is C=C(C)C(O)Cc1cc(/C(C)=C/C(=O)c2ccc(O)c(CC(O)C(=C)C)c2O)ccc1O. The van der Waals surface area contributed by atoms with Gasteiger partial charge in [0.2, 0.25) is 0 Å². The molecule has 0 fully saturated rings. The van der Waals surface area contributed by atoms with E-state index in [4.69, 9.17) is 0 Å². The molecular weight excluding hydrogens is 408 g/mol. The average Bonchev–Trinajstić information content (AvgIpc) is 2.71. The van der Waals surface area contributed by atoms with Crippen LogP contribution in [0.1, 0.15) is 47.8 Å². The van der Waals surface area contributed by atoms with Crippen molar-refractivity contribution >= 4 is 11.4 Å². The van der Waals surface area contributed by atoms with Gasteiger partial charge in [0.25, 0.3) is 0 Å². The van der Waals surface area contributed by atoms with Crippen LogP contribution in [0.3, 0.4) is 0 Å². The Balaban J connectivity index is 2.36. The summed E-state index contributed by atoms with van der Waals surface area (Å²) in [5, 5.41) is 50.8. The number of allylic oxidation sites excluding steroid dienone is 2. The summed E-state index contributed by atoms with van der Waals surface area (Å²) in [5.41, 5.74) is 2.86. The normalized spacial score (nSPS) is 13.5. The minimum Gasteiger partial charge on any atom is -0.508 e. The van der Waals surface area contributed by atoms with Crippen molar-refractivity contribution in [1.82, 2.24) is 0 Å². The molecule has 32 heavy (non-hydrogen) atoms. The van der Waals surface area contributed by atoms with Crippen molar-refractivity contribution in [2.75, 3.05) is 0 Å². The molecule has 0 amide bonds. The zero-order chi connectivity index (χ0) is 24.2. The van der Waals surface area contributed by atoms with Gasteiger partial charge in [0.1, 0.15) is 17.2 Å². The van der Waals surface area contributed by atoms with E-state index in [-0.39, 0.29) is 35.5 Å². The Bertz CT molecular complexity index is 1080. The monoisotopic (exact) mass is 438 g/mol. The number of hydrogen-bond acceptors (Lipinski definition) is 6. The molecular formula is C26H30O6. The van der Waals surface area contributed by atoms with Crippen molar-refractivity contribution in [2.24, 2.45) is 0 Å². The molecule has 2 atom stereocenters. The third-order valence-corrected chi connectivity index (χ3v) is 5.35. The van der Waals surface area contributed by atoms with E-state index in [0.717, 1.165) is 0 Å². The predicted octanol–water partition coefficient (Wildman–Crippen LogP) is 4.05. The molecule has 0 saturated carbocycles. The van der Waals surface area contributed by atoms with Crippen LogP contribution in [0.15, 0.2) is 60.7 Å². The zero-order valence-electron chi connectivity index (χ0n) is 18.6. The highest BCUT2D eigenvalue weighted by Gasteiger charge is 2.20. The van der Waals surface area contributed by atoms with Crippen LogP contribution in [-0.4, -0.2) is 43.5 Å². The van der Waals surface area contributed by atoms with Crippen molar-refractivity contribution in [1.29, 1.82) is 0 Å². The largest absolute Gasteiger partial charge is 0.508 e. The van der Waals surface area contributed by atoms with E-state index in [2.05, 4.69) is 13.2 Å². The molecule has 0 spiro atoms. The molecule has 0 bridgehead atoms. The standard InChI is InChI=1S/C26H30O6/c1-14(2)23(29)12-18-11-17(6-8-21(18)27)16(5)10-25(31)19-7-9-22(28)20(26(19)32)13-24(30)15(3)4/h6-11,23-24,27-30,32H,1,3,12-13H2,2,4-5H3/b16-10+. The number of ketones is 1. The molecule has 2 aromatic rings. The Labute approximate surface area is 188 Å². The molecule has 0 aliphatic carbocycles. The van der Waals surface area contributed by atoms with Crippen LogP contribution < -0.4 is 0 Å². The van der Waals surface area contributed by atoms with Crippen LogP contribution in [0.2, 0.25) is 0 Å². The Morgan fingerprint density at radius 2 is 1.47 bits per heavy atom. The highest BCUT2D eigenvalue weighted by Crippen LogP contribution is 2.33. The lowest BCUT2D eigenvalue weighted by molar-refractivity contribution is 0.104. The number of phenolic OH excluding ortho intramolecular Hbond substituents is 3. The van der Waals surface area contributed by atoms with E-state index in [9.17, 15) is 30.3 Å². The molecule has 6 nitrogen and oxygen atoms in total. The maximum Gasteiger partial charge on any atom is 0.189 e. The molecule has 0 heterocycles. The van der Waals surface area contributed by atoms with Gasteiger partial charge in [-0.05, 0) is 67.8 Å². The number of carbonyl (C=O) groups excluding carboxylic acids is 1. The van der Waals surface area contributed by atoms with E-state index in [1.807, 2.05) is 0 Å². The minimum atomic E-state index is -0.973. The first-order chi connectivity index (χ1) is 14.9. The number of hydrogen-bond donors (Lipinski definition) is 5. The van der Waals surface area contributed by atoms with E-state index in [1.54, 1.807) is 32.9 Å². The Morgan fingerprint density at radius 1 is 0.906 bits per heavy atom. The first kappa shape index (κ1) is 24.9. The van der Waals surface area contributed by atoms with Crippen molar-refractivity contribution in [3.05, 3.63) is 83.0 Å². The molecule has 0 radical (unpaired) electrons. The van der Waals surface area contributed by atoms with Gasteiger partial charge >= 0.3 is 0 Å². The van der Waals surface area contributed by atoms with Crippen molar-refractivity contribution < 1.29 is 30.3 Å². The third kappa shape index (κ3) is 5.87.